The zero-order chi connectivity index (χ0) is 20.8. The summed E-state index contributed by atoms with van der Waals surface area (Å²) >= 11 is 0. The van der Waals surface area contributed by atoms with Crippen LogP contribution in [0.1, 0.15) is 60.8 Å². The monoisotopic (exact) mass is 394 g/mol. The van der Waals surface area contributed by atoms with Gasteiger partial charge in [-0.1, -0.05) is 41.5 Å². The molecule has 5 heteroatoms. The lowest BCUT2D eigenvalue weighted by Gasteiger charge is -2.40. The Kier molecular flexibility index (Phi) is 8.55. The second-order valence-corrected chi connectivity index (χ2v) is 14.3. The zero-order valence-corrected chi connectivity index (χ0v) is 19.3. The summed E-state index contributed by atoms with van der Waals surface area (Å²) in [5, 5.41) is 9.48. The van der Waals surface area contributed by atoms with Gasteiger partial charge in [0, 0.05) is 12.5 Å². The van der Waals surface area contributed by atoms with Gasteiger partial charge in [-0.2, -0.15) is 0 Å². The van der Waals surface area contributed by atoms with Crippen LogP contribution in [0.25, 0.3) is 0 Å². The molecule has 0 amide bonds. The largest absolute Gasteiger partial charge is 0.508 e. The average Bonchev–Trinajstić information content (AvgIpc) is 2.52. The van der Waals surface area contributed by atoms with Gasteiger partial charge in [-0.15, -0.1) is 0 Å². The molecular formula is C22H38O4Si. The molecule has 27 heavy (non-hydrogen) atoms. The van der Waals surface area contributed by atoms with Gasteiger partial charge in [-0.05, 0) is 67.1 Å². The summed E-state index contributed by atoms with van der Waals surface area (Å²) in [7, 11) is -1.80. The molecule has 0 spiro atoms. The van der Waals surface area contributed by atoms with Gasteiger partial charge in [-0.25, -0.2) is 0 Å². The van der Waals surface area contributed by atoms with Crippen molar-refractivity contribution < 1.29 is 19.1 Å². The van der Waals surface area contributed by atoms with Crippen molar-refractivity contribution in [1.29, 1.82) is 0 Å². The second-order valence-electron chi connectivity index (χ2n) is 9.52. The maximum absolute atomic E-state index is 12.1. The highest BCUT2D eigenvalue weighted by Crippen LogP contribution is 2.38. The first kappa shape index (κ1) is 23.7. The van der Waals surface area contributed by atoms with E-state index in [4.69, 9.17) is 9.16 Å². The molecule has 2 atom stereocenters. The maximum atomic E-state index is 12.1. The molecule has 1 aromatic carbocycles. The molecule has 4 nitrogen and oxygen atoms in total. The van der Waals surface area contributed by atoms with Crippen LogP contribution in [0.5, 0.6) is 11.5 Å². The van der Waals surface area contributed by atoms with Crippen molar-refractivity contribution in [2.45, 2.75) is 85.0 Å². The predicted molar refractivity (Wildman–Crippen MR) is 114 cm³/mol. The van der Waals surface area contributed by atoms with Crippen molar-refractivity contribution in [2.24, 2.45) is 11.8 Å². The molecule has 0 bridgehead atoms. The van der Waals surface area contributed by atoms with Gasteiger partial charge in [0.25, 0.3) is 0 Å². The number of benzene rings is 1. The molecule has 0 saturated carbocycles. The van der Waals surface area contributed by atoms with Gasteiger partial charge in [0.05, 0.1) is 0 Å². The quantitative estimate of drug-likeness (QED) is 0.310. The fourth-order valence-corrected chi connectivity index (χ4v) is 4.11. The van der Waals surface area contributed by atoms with Crippen LogP contribution in [0, 0.1) is 11.8 Å². The highest BCUT2D eigenvalue weighted by molar-refractivity contribution is 6.74. The van der Waals surface area contributed by atoms with E-state index in [2.05, 4.69) is 54.6 Å². The molecule has 1 rings (SSSR count). The fraction of sp³-hybridized carbons (Fsp3) is 0.682. The number of aromatic hydroxyl groups is 1. The van der Waals surface area contributed by atoms with E-state index in [0.717, 1.165) is 12.8 Å². The summed E-state index contributed by atoms with van der Waals surface area (Å²) in [5.41, 5.74) is 0. The van der Waals surface area contributed by atoms with Gasteiger partial charge in [-0.3, -0.25) is 4.79 Å². The third kappa shape index (κ3) is 8.05. The van der Waals surface area contributed by atoms with Gasteiger partial charge in [0.2, 0.25) is 0 Å². The molecule has 0 unspecified atom stereocenters. The Balaban J connectivity index is 2.53. The van der Waals surface area contributed by atoms with E-state index in [0.29, 0.717) is 18.1 Å². The van der Waals surface area contributed by atoms with Gasteiger partial charge < -0.3 is 14.3 Å². The standard InChI is InChI=1S/C22H38O4Si/c1-16(2)20(26-27(7,8)22(4,5)6)14-9-17(3)15-21(24)25-19-12-10-18(23)11-13-19/h10-13,16-17,20,23H,9,14-15H2,1-8H3/t17-,20+/m1/s1. The topological polar surface area (TPSA) is 55.8 Å². The molecule has 0 aromatic heterocycles. The number of esters is 1. The minimum atomic E-state index is -1.80. The summed E-state index contributed by atoms with van der Waals surface area (Å²) in [6.45, 7) is 17.9. The molecule has 0 aliphatic rings. The Labute approximate surface area is 166 Å². The van der Waals surface area contributed by atoms with Crippen molar-refractivity contribution in [3.05, 3.63) is 24.3 Å². The molecular weight excluding hydrogens is 356 g/mol. The number of hydrogen-bond donors (Lipinski definition) is 1. The Morgan fingerprint density at radius 2 is 1.63 bits per heavy atom. The van der Waals surface area contributed by atoms with Crippen LogP contribution >= 0.6 is 0 Å². The van der Waals surface area contributed by atoms with Crippen LogP contribution in [-0.4, -0.2) is 25.5 Å². The lowest BCUT2D eigenvalue weighted by Crippen LogP contribution is -2.45. The van der Waals surface area contributed by atoms with Crippen molar-refractivity contribution in [3.8, 4) is 11.5 Å². The van der Waals surface area contributed by atoms with Crippen molar-refractivity contribution in [1.82, 2.24) is 0 Å². The minimum absolute atomic E-state index is 0.157. The first-order chi connectivity index (χ1) is 12.3. The summed E-state index contributed by atoms with van der Waals surface area (Å²) in [6, 6.07) is 6.22. The number of phenols is 1. The Morgan fingerprint density at radius 3 is 2.11 bits per heavy atom. The summed E-state index contributed by atoms with van der Waals surface area (Å²) in [6.07, 6.45) is 2.49. The van der Waals surface area contributed by atoms with E-state index < -0.39 is 8.32 Å². The molecule has 0 aliphatic heterocycles. The number of phenolic OH excluding ortho intramolecular Hbond substituents is 1. The molecule has 154 valence electrons. The van der Waals surface area contributed by atoms with Crippen LogP contribution in [0.15, 0.2) is 24.3 Å². The Morgan fingerprint density at radius 1 is 1.07 bits per heavy atom. The molecule has 0 aliphatic carbocycles. The lowest BCUT2D eigenvalue weighted by atomic mass is 9.95. The lowest BCUT2D eigenvalue weighted by molar-refractivity contribution is -0.135. The average molecular weight is 395 g/mol. The number of hydrogen-bond acceptors (Lipinski definition) is 4. The second kappa shape index (κ2) is 9.74. The summed E-state index contributed by atoms with van der Waals surface area (Å²) in [5.74, 6) is 1.07. The van der Waals surface area contributed by atoms with Gasteiger partial charge in [0.15, 0.2) is 8.32 Å². The highest BCUT2D eigenvalue weighted by atomic mass is 28.4. The normalized spacial score (nSPS) is 14.9. The highest BCUT2D eigenvalue weighted by Gasteiger charge is 2.39. The van der Waals surface area contributed by atoms with E-state index in [9.17, 15) is 9.90 Å². The van der Waals surface area contributed by atoms with Crippen molar-refractivity contribution in [3.63, 3.8) is 0 Å². The molecule has 0 saturated heterocycles. The van der Waals surface area contributed by atoms with Crippen LogP contribution in [0.4, 0.5) is 0 Å². The van der Waals surface area contributed by atoms with Crippen molar-refractivity contribution >= 4 is 14.3 Å². The van der Waals surface area contributed by atoms with Gasteiger partial charge >= 0.3 is 5.97 Å². The number of ether oxygens (including phenoxy) is 1. The summed E-state index contributed by atoms with van der Waals surface area (Å²) < 4.78 is 12.0. The van der Waals surface area contributed by atoms with E-state index >= 15 is 0 Å². The Hall–Kier alpha value is -1.33. The smallest absolute Gasteiger partial charge is 0.311 e. The van der Waals surface area contributed by atoms with E-state index in [1.54, 1.807) is 12.1 Å². The van der Waals surface area contributed by atoms with Crippen LogP contribution < -0.4 is 4.74 Å². The number of rotatable bonds is 9. The molecule has 1 N–H and O–H groups in total. The third-order valence-electron chi connectivity index (χ3n) is 5.52. The number of carbonyl (C=O) groups excluding carboxylic acids is 1. The number of carbonyl (C=O) groups is 1. The SMILES string of the molecule is CC(C)[C@H](CC[C@@H](C)CC(=O)Oc1ccc(O)cc1)O[Si](C)(C)C(C)(C)C. The molecule has 1 aromatic rings. The van der Waals surface area contributed by atoms with E-state index in [1.165, 1.54) is 12.1 Å². The maximum Gasteiger partial charge on any atom is 0.311 e. The van der Waals surface area contributed by atoms with Crippen LogP contribution in [-0.2, 0) is 9.22 Å². The fourth-order valence-electron chi connectivity index (χ4n) is 2.61. The van der Waals surface area contributed by atoms with Crippen LogP contribution in [0.2, 0.25) is 18.1 Å². The predicted octanol–water partition coefficient (Wildman–Crippen LogP) is 6.15. The third-order valence-corrected chi connectivity index (χ3v) is 10.0. The van der Waals surface area contributed by atoms with E-state index in [-0.39, 0.29) is 28.8 Å². The zero-order valence-electron chi connectivity index (χ0n) is 18.3. The molecule has 0 radical (unpaired) electrons. The minimum Gasteiger partial charge on any atom is -0.508 e. The summed E-state index contributed by atoms with van der Waals surface area (Å²) in [4.78, 5) is 12.1. The first-order valence-corrected chi connectivity index (χ1v) is 12.9. The first-order valence-electron chi connectivity index (χ1n) is 9.99. The van der Waals surface area contributed by atoms with Gasteiger partial charge in [0.1, 0.15) is 11.5 Å². The molecule has 0 heterocycles. The molecule has 0 fully saturated rings. The van der Waals surface area contributed by atoms with Crippen molar-refractivity contribution in [2.75, 3.05) is 0 Å². The van der Waals surface area contributed by atoms with E-state index in [1.807, 2.05) is 0 Å². The Bertz CT molecular complexity index is 587. The van der Waals surface area contributed by atoms with Crippen LogP contribution in [0.3, 0.4) is 0 Å².